The molecule has 0 spiro atoms. The molecule has 0 aromatic carbocycles. The highest BCUT2D eigenvalue weighted by molar-refractivity contribution is 5.50. The van der Waals surface area contributed by atoms with Gasteiger partial charge in [-0.25, -0.2) is 0 Å². The van der Waals surface area contributed by atoms with Crippen molar-refractivity contribution in [1.29, 1.82) is 0 Å². The van der Waals surface area contributed by atoms with Gasteiger partial charge in [-0.05, 0) is 31.7 Å². The van der Waals surface area contributed by atoms with Gasteiger partial charge in [-0.1, -0.05) is 20.3 Å². The lowest BCUT2D eigenvalue weighted by molar-refractivity contribution is 0.180. The maximum absolute atomic E-state index is 4.78. The fourth-order valence-electron chi connectivity index (χ4n) is 4.49. The molecule has 23 heavy (non-hydrogen) atoms. The minimum atomic E-state index is 0.460. The molecule has 0 unspecified atom stereocenters. The number of fused-ring (bicyclic) bond motifs is 1. The first kappa shape index (κ1) is 16.8. The molecule has 130 valence electrons. The van der Waals surface area contributed by atoms with Crippen molar-refractivity contribution in [3.8, 4) is 0 Å². The summed E-state index contributed by atoms with van der Waals surface area (Å²) < 4.78 is 2.04. The van der Waals surface area contributed by atoms with Crippen LogP contribution in [0.2, 0.25) is 0 Å². The van der Waals surface area contributed by atoms with Gasteiger partial charge in [-0.3, -0.25) is 9.58 Å². The largest absolute Gasteiger partial charge is 0.363 e. The fraction of sp³-hybridized carbons (Fsp3) is 0.833. The number of rotatable bonds is 5. The summed E-state index contributed by atoms with van der Waals surface area (Å²) >= 11 is 0. The van der Waals surface area contributed by atoms with Crippen LogP contribution in [-0.2, 0) is 13.6 Å². The molecular weight excluding hydrogens is 286 g/mol. The molecule has 0 radical (unpaired) electrons. The van der Waals surface area contributed by atoms with Crippen molar-refractivity contribution in [2.45, 2.75) is 64.1 Å². The van der Waals surface area contributed by atoms with Gasteiger partial charge in [0.15, 0.2) is 0 Å². The Morgan fingerprint density at radius 1 is 1.22 bits per heavy atom. The molecule has 1 N–H and O–H groups in total. The molecule has 2 fully saturated rings. The average Bonchev–Trinajstić information content (AvgIpc) is 3.06. The molecule has 0 aliphatic carbocycles. The number of hydrogen-bond donors (Lipinski definition) is 1. The summed E-state index contributed by atoms with van der Waals surface area (Å²) in [5, 5.41) is 8.66. The van der Waals surface area contributed by atoms with Crippen LogP contribution in [0.15, 0.2) is 0 Å². The van der Waals surface area contributed by atoms with E-state index in [2.05, 4.69) is 50.1 Å². The van der Waals surface area contributed by atoms with Gasteiger partial charge in [0.1, 0.15) is 5.82 Å². The summed E-state index contributed by atoms with van der Waals surface area (Å²) in [6, 6.07) is 1.40. The van der Waals surface area contributed by atoms with Crippen LogP contribution < -0.4 is 10.2 Å². The van der Waals surface area contributed by atoms with Gasteiger partial charge >= 0.3 is 0 Å². The van der Waals surface area contributed by atoms with Gasteiger partial charge in [-0.15, -0.1) is 0 Å². The van der Waals surface area contributed by atoms with Crippen LogP contribution in [0.4, 0.5) is 5.82 Å². The predicted molar refractivity (Wildman–Crippen MR) is 96.1 cm³/mol. The quantitative estimate of drug-likeness (QED) is 0.904. The molecule has 0 amide bonds. The molecule has 2 aliphatic rings. The second-order valence-corrected chi connectivity index (χ2v) is 7.74. The third-order valence-electron chi connectivity index (χ3n) is 5.51. The third-order valence-corrected chi connectivity index (χ3v) is 5.51. The van der Waals surface area contributed by atoms with E-state index in [-0.39, 0.29) is 0 Å². The van der Waals surface area contributed by atoms with Crippen molar-refractivity contribution in [3.05, 3.63) is 11.3 Å². The summed E-state index contributed by atoms with van der Waals surface area (Å²) in [4.78, 5) is 4.89. The number of hydrogen-bond acceptors (Lipinski definition) is 4. The fourth-order valence-corrected chi connectivity index (χ4v) is 4.49. The van der Waals surface area contributed by atoms with E-state index in [1.807, 2.05) is 4.68 Å². The molecule has 2 saturated heterocycles. The van der Waals surface area contributed by atoms with Crippen LogP contribution in [0.3, 0.4) is 0 Å². The Balaban J connectivity index is 1.75. The van der Waals surface area contributed by atoms with Gasteiger partial charge in [-0.2, -0.15) is 5.10 Å². The summed E-state index contributed by atoms with van der Waals surface area (Å²) in [6.07, 6.45) is 5.43. The molecular formula is C18H33N5. The van der Waals surface area contributed by atoms with Crippen molar-refractivity contribution in [2.75, 3.05) is 32.1 Å². The van der Waals surface area contributed by atoms with E-state index < -0.39 is 0 Å². The molecule has 5 heteroatoms. The Morgan fingerprint density at radius 2 is 2.00 bits per heavy atom. The average molecular weight is 319 g/mol. The normalized spacial score (nSPS) is 25.1. The highest BCUT2D eigenvalue weighted by atomic mass is 15.4. The first-order valence-electron chi connectivity index (χ1n) is 9.19. The molecule has 2 aliphatic heterocycles. The second kappa shape index (κ2) is 6.81. The molecule has 3 rings (SSSR count). The summed E-state index contributed by atoms with van der Waals surface area (Å²) in [7, 11) is 6.29. The van der Waals surface area contributed by atoms with Gasteiger partial charge < -0.3 is 10.2 Å². The Morgan fingerprint density at radius 3 is 2.70 bits per heavy atom. The Bertz CT molecular complexity index is 534. The van der Waals surface area contributed by atoms with E-state index in [1.165, 1.54) is 55.8 Å². The van der Waals surface area contributed by atoms with Gasteiger partial charge in [0.2, 0.25) is 0 Å². The maximum Gasteiger partial charge on any atom is 0.130 e. The topological polar surface area (TPSA) is 36.3 Å². The molecule has 0 bridgehead atoms. The van der Waals surface area contributed by atoms with Crippen LogP contribution in [-0.4, -0.2) is 53.9 Å². The molecule has 2 atom stereocenters. The second-order valence-electron chi connectivity index (χ2n) is 7.74. The first-order chi connectivity index (χ1) is 11.0. The summed E-state index contributed by atoms with van der Waals surface area (Å²) in [5.41, 5.74) is 2.61. The van der Waals surface area contributed by atoms with Crippen molar-refractivity contribution in [1.82, 2.24) is 20.0 Å². The lowest BCUT2D eigenvalue weighted by atomic mass is 9.98. The lowest BCUT2D eigenvalue weighted by Crippen LogP contribution is -2.44. The number of piperidine rings is 1. The SMILES string of the molecule is CC(C)c1nn(C)c(N(C)C)c1CN[C@H]1CCN2CCCC[C@H]12. The lowest BCUT2D eigenvalue weighted by Gasteiger charge is -2.32. The zero-order chi connectivity index (χ0) is 16.6. The smallest absolute Gasteiger partial charge is 0.130 e. The first-order valence-corrected chi connectivity index (χ1v) is 9.19. The molecule has 0 saturated carbocycles. The third kappa shape index (κ3) is 3.26. The number of nitrogens with zero attached hydrogens (tertiary/aromatic N) is 4. The van der Waals surface area contributed by atoms with Gasteiger partial charge in [0.05, 0.1) is 5.69 Å². The van der Waals surface area contributed by atoms with Crippen LogP contribution >= 0.6 is 0 Å². The van der Waals surface area contributed by atoms with E-state index >= 15 is 0 Å². The number of aryl methyl sites for hydroxylation is 1. The van der Waals surface area contributed by atoms with Crippen LogP contribution in [0, 0.1) is 0 Å². The van der Waals surface area contributed by atoms with Crippen molar-refractivity contribution in [3.63, 3.8) is 0 Å². The Kier molecular flexibility index (Phi) is 4.97. The molecule has 3 heterocycles. The highest BCUT2D eigenvalue weighted by Gasteiger charge is 2.35. The number of aromatic nitrogens is 2. The van der Waals surface area contributed by atoms with Crippen molar-refractivity contribution >= 4 is 5.82 Å². The Labute approximate surface area is 141 Å². The highest BCUT2D eigenvalue weighted by Crippen LogP contribution is 2.30. The standard InChI is InChI=1S/C18H33N5/c1-13(2)17-14(18(21(3)4)22(5)20-17)12-19-15-9-11-23-10-7-6-8-16(15)23/h13,15-16,19H,6-12H2,1-5H3/t15-,16+/m0/s1. The van der Waals surface area contributed by atoms with E-state index in [9.17, 15) is 0 Å². The van der Waals surface area contributed by atoms with Gasteiger partial charge in [0, 0.05) is 51.9 Å². The molecule has 1 aromatic rings. The van der Waals surface area contributed by atoms with E-state index in [0.29, 0.717) is 12.0 Å². The predicted octanol–water partition coefficient (Wildman–Crippen LogP) is 2.33. The number of anilines is 1. The summed E-state index contributed by atoms with van der Waals surface area (Å²) in [6.45, 7) is 7.99. The number of nitrogens with one attached hydrogen (secondary N) is 1. The molecule has 5 nitrogen and oxygen atoms in total. The van der Waals surface area contributed by atoms with Crippen LogP contribution in [0.1, 0.15) is 56.7 Å². The van der Waals surface area contributed by atoms with Crippen molar-refractivity contribution in [2.24, 2.45) is 7.05 Å². The zero-order valence-electron chi connectivity index (χ0n) is 15.5. The summed E-state index contributed by atoms with van der Waals surface area (Å²) in [5.74, 6) is 1.70. The minimum absolute atomic E-state index is 0.460. The monoisotopic (exact) mass is 319 g/mol. The molecule has 1 aromatic heterocycles. The Hall–Kier alpha value is -1.07. The minimum Gasteiger partial charge on any atom is -0.363 e. The van der Waals surface area contributed by atoms with Crippen LogP contribution in [0.5, 0.6) is 0 Å². The zero-order valence-corrected chi connectivity index (χ0v) is 15.5. The van der Waals surface area contributed by atoms with Crippen molar-refractivity contribution < 1.29 is 0 Å². The maximum atomic E-state index is 4.78. The van der Waals surface area contributed by atoms with Crippen LogP contribution in [0.25, 0.3) is 0 Å². The van der Waals surface area contributed by atoms with E-state index in [4.69, 9.17) is 5.10 Å². The van der Waals surface area contributed by atoms with E-state index in [1.54, 1.807) is 0 Å². The van der Waals surface area contributed by atoms with Gasteiger partial charge in [0.25, 0.3) is 0 Å². The van der Waals surface area contributed by atoms with E-state index in [0.717, 1.165) is 12.6 Å².